The van der Waals surface area contributed by atoms with Gasteiger partial charge in [0, 0.05) is 13.4 Å². The number of fused-ring (bicyclic) bond motifs is 3. The van der Waals surface area contributed by atoms with Crippen LogP contribution in [0.1, 0.15) is 10.4 Å². The molecule has 0 saturated heterocycles. The van der Waals surface area contributed by atoms with Crippen molar-refractivity contribution in [1.82, 2.24) is 0 Å². The molecule has 0 spiro atoms. The Bertz CT molecular complexity index is 872. The quantitative estimate of drug-likeness (QED) is 0.455. The monoisotopic (exact) mass is 456 g/mol. The summed E-state index contributed by atoms with van der Waals surface area (Å²) < 4.78 is 2.73. The molecule has 0 unspecified atom stereocenters. The minimum Gasteiger partial charge on any atom is -0.478 e. The predicted octanol–water partition coefficient (Wildman–Crippen LogP) is 5.98. The van der Waals surface area contributed by atoms with Crippen LogP contribution in [0.2, 0.25) is 0 Å². The summed E-state index contributed by atoms with van der Waals surface area (Å²) in [7, 11) is 0. The molecule has 3 aromatic rings. The van der Waals surface area contributed by atoms with E-state index in [9.17, 15) is 9.90 Å². The molecule has 20 heavy (non-hydrogen) atoms. The number of benzene rings is 3. The summed E-state index contributed by atoms with van der Waals surface area (Å²) in [6.07, 6.45) is 0. The van der Waals surface area contributed by atoms with Crippen molar-refractivity contribution >= 4 is 75.3 Å². The highest BCUT2D eigenvalue weighted by Gasteiger charge is 2.14. The molecule has 0 amide bonds. The van der Waals surface area contributed by atoms with Gasteiger partial charge in [-0.2, -0.15) is 0 Å². The number of rotatable bonds is 1. The number of carboxylic acid groups (broad SMARTS) is 1. The Morgan fingerprint density at radius 2 is 1.45 bits per heavy atom. The first-order valence-electron chi connectivity index (χ1n) is 5.71. The van der Waals surface area contributed by atoms with Crippen molar-refractivity contribution < 1.29 is 9.90 Å². The molecule has 3 rings (SSSR count). The van der Waals surface area contributed by atoms with Crippen LogP contribution in [-0.2, 0) is 0 Å². The molecular weight excluding hydrogens is 452 g/mol. The lowest BCUT2D eigenvalue weighted by Crippen LogP contribution is -1.98. The van der Waals surface area contributed by atoms with E-state index in [0.717, 1.165) is 35.0 Å². The average Bonchev–Trinajstić information content (AvgIpc) is 2.37. The third kappa shape index (κ3) is 2.28. The molecule has 0 saturated carbocycles. The highest BCUT2D eigenvalue weighted by Crippen LogP contribution is 2.36. The fourth-order valence-electron chi connectivity index (χ4n) is 2.33. The first kappa shape index (κ1) is 14.0. The van der Waals surface area contributed by atoms with E-state index >= 15 is 0 Å². The summed E-state index contributed by atoms with van der Waals surface area (Å²) >= 11 is 10.4. The van der Waals surface area contributed by atoms with Gasteiger partial charge in [0.05, 0.1) is 5.56 Å². The summed E-state index contributed by atoms with van der Waals surface area (Å²) in [5.74, 6) is -0.922. The molecular formula is C15H7Br3O2. The van der Waals surface area contributed by atoms with Crippen molar-refractivity contribution in [3.05, 3.63) is 55.4 Å². The maximum atomic E-state index is 11.5. The lowest BCUT2D eigenvalue weighted by molar-refractivity contribution is 0.0699. The molecule has 2 nitrogen and oxygen atoms in total. The van der Waals surface area contributed by atoms with Crippen molar-refractivity contribution in [3.8, 4) is 0 Å². The zero-order chi connectivity index (χ0) is 14.4. The number of hydrogen-bond donors (Lipinski definition) is 1. The maximum Gasteiger partial charge on any atom is 0.336 e. The minimum absolute atomic E-state index is 0.308. The van der Waals surface area contributed by atoms with Gasteiger partial charge in [0.1, 0.15) is 0 Å². The molecule has 0 aliphatic carbocycles. The fraction of sp³-hybridized carbons (Fsp3) is 0. The van der Waals surface area contributed by atoms with E-state index in [1.54, 1.807) is 6.07 Å². The molecule has 0 aliphatic heterocycles. The fourth-order valence-corrected chi connectivity index (χ4v) is 4.03. The number of halogens is 3. The lowest BCUT2D eigenvalue weighted by atomic mass is 9.97. The molecule has 0 fully saturated rings. The lowest BCUT2D eigenvalue weighted by Gasteiger charge is -2.10. The second-order valence-corrected chi connectivity index (χ2v) is 7.09. The van der Waals surface area contributed by atoms with Gasteiger partial charge in [-0.1, -0.05) is 53.9 Å². The Labute approximate surface area is 140 Å². The van der Waals surface area contributed by atoms with Crippen LogP contribution in [0, 0.1) is 0 Å². The summed E-state index contributed by atoms with van der Waals surface area (Å²) in [5, 5.41) is 13.0. The first-order valence-corrected chi connectivity index (χ1v) is 8.09. The molecule has 0 aliphatic rings. The standard InChI is InChI=1S/C15H7Br3O2/c16-7-1-2-9-10(3-7)11-4-8(17)5-14(18)12(11)6-13(9)15(19)20/h1-6H,(H,19,20). The molecule has 0 radical (unpaired) electrons. The largest absolute Gasteiger partial charge is 0.478 e. The zero-order valence-corrected chi connectivity index (χ0v) is 14.7. The average molecular weight is 459 g/mol. The molecule has 100 valence electrons. The summed E-state index contributed by atoms with van der Waals surface area (Å²) in [5.41, 5.74) is 0.308. The van der Waals surface area contributed by atoms with E-state index in [0.29, 0.717) is 5.56 Å². The highest BCUT2D eigenvalue weighted by atomic mass is 79.9. The van der Waals surface area contributed by atoms with Crippen LogP contribution in [0.25, 0.3) is 21.5 Å². The van der Waals surface area contributed by atoms with Gasteiger partial charge in [-0.15, -0.1) is 0 Å². The molecule has 1 N–H and O–H groups in total. The van der Waals surface area contributed by atoms with Crippen LogP contribution in [0.15, 0.2) is 49.8 Å². The van der Waals surface area contributed by atoms with Gasteiger partial charge in [-0.3, -0.25) is 0 Å². The van der Waals surface area contributed by atoms with E-state index in [1.807, 2.05) is 30.3 Å². The number of carboxylic acids is 1. The van der Waals surface area contributed by atoms with Crippen LogP contribution in [-0.4, -0.2) is 11.1 Å². The topological polar surface area (TPSA) is 37.3 Å². The minimum atomic E-state index is -0.922. The Morgan fingerprint density at radius 3 is 2.15 bits per heavy atom. The second-order valence-electron chi connectivity index (χ2n) is 4.40. The number of hydrogen-bond acceptors (Lipinski definition) is 1. The van der Waals surface area contributed by atoms with Gasteiger partial charge in [-0.05, 0) is 51.9 Å². The smallest absolute Gasteiger partial charge is 0.336 e. The van der Waals surface area contributed by atoms with Gasteiger partial charge in [0.15, 0.2) is 0 Å². The molecule has 0 heterocycles. The Kier molecular flexibility index (Phi) is 3.60. The third-order valence-corrected chi connectivity index (χ3v) is 4.78. The van der Waals surface area contributed by atoms with Gasteiger partial charge < -0.3 is 5.11 Å². The highest BCUT2D eigenvalue weighted by molar-refractivity contribution is 9.11. The van der Waals surface area contributed by atoms with E-state index in [4.69, 9.17) is 0 Å². The van der Waals surface area contributed by atoms with Crippen LogP contribution < -0.4 is 0 Å². The Hall–Kier alpha value is -0.910. The van der Waals surface area contributed by atoms with Crippen molar-refractivity contribution in [1.29, 1.82) is 0 Å². The predicted molar refractivity (Wildman–Crippen MR) is 91.5 cm³/mol. The van der Waals surface area contributed by atoms with E-state index in [-0.39, 0.29) is 0 Å². The van der Waals surface area contributed by atoms with Crippen LogP contribution >= 0.6 is 47.8 Å². The van der Waals surface area contributed by atoms with Crippen LogP contribution in [0.5, 0.6) is 0 Å². The van der Waals surface area contributed by atoms with Gasteiger partial charge in [-0.25, -0.2) is 4.79 Å². The number of aromatic carboxylic acids is 1. The van der Waals surface area contributed by atoms with Crippen molar-refractivity contribution in [2.45, 2.75) is 0 Å². The van der Waals surface area contributed by atoms with E-state index in [2.05, 4.69) is 47.8 Å². The summed E-state index contributed by atoms with van der Waals surface area (Å²) in [4.78, 5) is 11.5. The third-order valence-electron chi connectivity index (χ3n) is 3.18. The van der Waals surface area contributed by atoms with Gasteiger partial charge in [0.2, 0.25) is 0 Å². The van der Waals surface area contributed by atoms with E-state index in [1.165, 1.54) is 0 Å². The molecule has 3 aromatic carbocycles. The summed E-state index contributed by atoms with van der Waals surface area (Å²) in [6.45, 7) is 0. The Balaban J connectivity index is 2.62. The van der Waals surface area contributed by atoms with Crippen LogP contribution in [0.3, 0.4) is 0 Å². The van der Waals surface area contributed by atoms with E-state index < -0.39 is 5.97 Å². The van der Waals surface area contributed by atoms with Crippen molar-refractivity contribution in [2.75, 3.05) is 0 Å². The normalized spacial score (nSPS) is 11.2. The molecule has 5 heteroatoms. The zero-order valence-electron chi connectivity index (χ0n) is 9.95. The maximum absolute atomic E-state index is 11.5. The van der Waals surface area contributed by atoms with Crippen molar-refractivity contribution in [2.24, 2.45) is 0 Å². The van der Waals surface area contributed by atoms with Gasteiger partial charge >= 0.3 is 5.97 Å². The molecule has 0 atom stereocenters. The number of carbonyl (C=O) groups is 1. The molecule has 0 bridgehead atoms. The van der Waals surface area contributed by atoms with Crippen LogP contribution in [0.4, 0.5) is 0 Å². The van der Waals surface area contributed by atoms with Gasteiger partial charge in [0.25, 0.3) is 0 Å². The van der Waals surface area contributed by atoms with Crippen molar-refractivity contribution in [3.63, 3.8) is 0 Å². The first-order chi connectivity index (χ1) is 9.47. The Morgan fingerprint density at radius 1 is 0.800 bits per heavy atom. The molecule has 0 aromatic heterocycles. The summed E-state index contributed by atoms with van der Waals surface area (Å²) in [6, 6.07) is 11.3. The second kappa shape index (κ2) is 5.13. The SMILES string of the molecule is O=C(O)c1cc2c(Br)cc(Br)cc2c2cc(Br)ccc12.